The summed E-state index contributed by atoms with van der Waals surface area (Å²) in [4.78, 5) is 4.24. The summed E-state index contributed by atoms with van der Waals surface area (Å²) in [6.07, 6.45) is 7.55. The first-order valence-electron chi connectivity index (χ1n) is 7.52. The molecule has 4 heteroatoms. The molecule has 4 nitrogen and oxygen atoms in total. The minimum absolute atomic E-state index is 0.0221. The van der Waals surface area contributed by atoms with Crippen LogP contribution in [0.2, 0.25) is 0 Å². The van der Waals surface area contributed by atoms with E-state index in [-0.39, 0.29) is 11.5 Å². The molecule has 0 radical (unpaired) electrons. The van der Waals surface area contributed by atoms with Gasteiger partial charge in [-0.25, -0.2) is 0 Å². The van der Waals surface area contributed by atoms with Gasteiger partial charge in [-0.05, 0) is 29.9 Å². The number of nitrogens with two attached hydrogens (primary N) is 1. The minimum Gasteiger partial charge on any atom is -0.490 e. The first-order chi connectivity index (χ1) is 9.45. The molecule has 0 unspecified atom stereocenters. The Kier molecular flexibility index (Phi) is 5.00. The average Bonchev–Trinajstić information content (AvgIpc) is 2.34. The van der Waals surface area contributed by atoms with Gasteiger partial charge in [-0.1, -0.05) is 27.2 Å². The molecule has 0 aromatic carbocycles. The maximum Gasteiger partial charge on any atom is 0.137 e. The monoisotopic (exact) mass is 277 g/mol. The maximum atomic E-state index is 6.06. The van der Waals surface area contributed by atoms with Gasteiger partial charge in [0.2, 0.25) is 0 Å². The molecule has 1 saturated carbocycles. The summed E-state index contributed by atoms with van der Waals surface area (Å²) >= 11 is 0. The number of nitrogens with zero attached hydrogens (tertiary/aromatic N) is 1. The third kappa shape index (κ3) is 4.46. The van der Waals surface area contributed by atoms with Crippen LogP contribution >= 0.6 is 0 Å². The normalized spacial score (nSPS) is 17.6. The molecule has 0 aliphatic heterocycles. The van der Waals surface area contributed by atoms with Crippen LogP contribution in [0.25, 0.3) is 0 Å². The maximum absolute atomic E-state index is 6.06. The van der Waals surface area contributed by atoms with Crippen LogP contribution in [0.5, 0.6) is 5.75 Å². The molecular formula is C16H27N3O. The molecule has 1 aromatic rings. The average molecular weight is 277 g/mol. The summed E-state index contributed by atoms with van der Waals surface area (Å²) in [5.41, 5.74) is 7.33. The molecule has 0 amide bonds. The molecule has 1 aromatic heterocycles. The number of rotatable bonds is 6. The fraction of sp³-hybridized carbons (Fsp3) is 0.688. The van der Waals surface area contributed by atoms with Crippen molar-refractivity contribution < 1.29 is 4.74 Å². The third-order valence-electron chi connectivity index (χ3n) is 3.82. The predicted molar refractivity (Wildman–Crippen MR) is 82.0 cm³/mol. The van der Waals surface area contributed by atoms with Crippen molar-refractivity contribution in [1.82, 2.24) is 10.3 Å². The molecule has 1 aliphatic carbocycles. The van der Waals surface area contributed by atoms with Gasteiger partial charge in [0.1, 0.15) is 12.4 Å². The largest absolute Gasteiger partial charge is 0.490 e. The highest BCUT2D eigenvalue weighted by Crippen LogP contribution is 2.24. The van der Waals surface area contributed by atoms with Crippen LogP contribution in [0.1, 0.15) is 45.6 Å². The van der Waals surface area contributed by atoms with Crippen LogP contribution in [0.3, 0.4) is 0 Å². The summed E-state index contributed by atoms with van der Waals surface area (Å²) in [6, 6.07) is 2.75. The Labute approximate surface area is 122 Å². The molecule has 1 aliphatic rings. The molecule has 112 valence electrons. The van der Waals surface area contributed by atoms with Crippen LogP contribution in [-0.2, 0) is 5.41 Å². The van der Waals surface area contributed by atoms with Crippen molar-refractivity contribution in [3.8, 4) is 5.75 Å². The highest BCUT2D eigenvalue weighted by atomic mass is 16.5. The summed E-state index contributed by atoms with van der Waals surface area (Å²) in [5.74, 6) is 0.802. The van der Waals surface area contributed by atoms with Gasteiger partial charge in [-0.15, -0.1) is 0 Å². The molecule has 1 heterocycles. The van der Waals surface area contributed by atoms with Gasteiger partial charge < -0.3 is 15.8 Å². The van der Waals surface area contributed by atoms with E-state index in [1.165, 1.54) is 24.8 Å². The second-order valence-electron chi connectivity index (χ2n) is 6.77. The van der Waals surface area contributed by atoms with Crippen molar-refractivity contribution >= 4 is 0 Å². The van der Waals surface area contributed by atoms with Gasteiger partial charge >= 0.3 is 0 Å². The molecule has 2 rings (SSSR count). The number of hydrogen-bond acceptors (Lipinski definition) is 4. The van der Waals surface area contributed by atoms with Crippen molar-refractivity contribution in [2.45, 2.75) is 57.5 Å². The molecule has 0 saturated heterocycles. The zero-order chi connectivity index (χ0) is 14.6. The number of nitrogens with one attached hydrogen (secondary N) is 1. The predicted octanol–water partition coefficient (Wildman–Crippen LogP) is 2.23. The topological polar surface area (TPSA) is 60.2 Å². The van der Waals surface area contributed by atoms with Gasteiger partial charge in [-0.3, -0.25) is 4.98 Å². The third-order valence-corrected chi connectivity index (χ3v) is 3.82. The van der Waals surface area contributed by atoms with Gasteiger partial charge in [0.25, 0.3) is 0 Å². The Morgan fingerprint density at radius 1 is 1.40 bits per heavy atom. The van der Waals surface area contributed by atoms with E-state index in [4.69, 9.17) is 10.5 Å². The van der Waals surface area contributed by atoms with E-state index < -0.39 is 0 Å². The summed E-state index contributed by atoms with van der Waals surface area (Å²) in [7, 11) is 0. The Balaban J connectivity index is 1.77. The van der Waals surface area contributed by atoms with Gasteiger partial charge in [-0.2, -0.15) is 0 Å². The Bertz CT molecular complexity index is 424. The molecule has 1 fully saturated rings. The Morgan fingerprint density at radius 2 is 2.15 bits per heavy atom. The molecular weight excluding hydrogens is 250 g/mol. The van der Waals surface area contributed by atoms with Crippen molar-refractivity contribution in [3.05, 3.63) is 24.0 Å². The Morgan fingerprint density at radius 3 is 2.75 bits per heavy atom. The Hall–Kier alpha value is -1.13. The second kappa shape index (κ2) is 6.55. The SMILES string of the molecule is CC(C)(C)c1cncc(OC[C@@H](N)CNC2CCC2)c1. The number of pyridine rings is 1. The van der Waals surface area contributed by atoms with Gasteiger partial charge in [0, 0.05) is 18.8 Å². The lowest BCUT2D eigenvalue weighted by Gasteiger charge is -2.28. The van der Waals surface area contributed by atoms with Crippen molar-refractivity contribution in [1.29, 1.82) is 0 Å². The zero-order valence-electron chi connectivity index (χ0n) is 12.9. The number of aromatic nitrogens is 1. The summed E-state index contributed by atoms with van der Waals surface area (Å²) in [6.45, 7) is 7.85. The molecule has 0 spiro atoms. The first kappa shape index (κ1) is 15.3. The highest BCUT2D eigenvalue weighted by molar-refractivity contribution is 5.28. The molecule has 0 bridgehead atoms. The second-order valence-corrected chi connectivity index (χ2v) is 6.77. The first-order valence-corrected chi connectivity index (χ1v) is 7.52. The van der Waals surface area contributed by atoms with E-state index in [1.807, 2.05) is 6.20 Å². The van der Waals surface area contributed by atoms with Crippen molar-refractivity contribution in [3.63, 3.8) is 0 Å². The fourth-order valence-corrected chi connectivity index (χ4v) is 2.10. The lowest BCUT2D eigenvalue weighted by atomic mass is 9.88. The van der Waals surface area contributed by atoms with E-state index >= 15 is 0 Å². The van der Waals surface area contributed by atoms with Crippen LogP contribution < -0.4 is 15.8 Å². The van der Waals surface area contributed by atoms with Crippen LogP contribution in [0.4, 0.5) is 0 Å². The van der Waals surface area contributed by atoms with E-state index in [0.29, 0.717) is 12.6 Å². The quantitative estimate of drug-likeness (QED) is 0.837. The van der Waals surface area contributed by atoms with E-state index in [1.54, 1.807) is 6.20 Å². The highest BCUT2D eigenvalue weighted by Gasteiger charge is 2.18. The van der Waals surface area contributed by atoms with Crippen LogP contribution in [-0.4, -0.2) is 30.2 Å². The number of hydrogen-bond donors (Lipinski definition) is 2. The van der Waals surface area contributed by atoms with Gasteiger partial charge in [0.15, 0.2) is 0 Å². The van der Waals surface area contributed by atoms with E-state index in [9.17, 15) is 0 Å². The minimum atomic E-state index is 0.0221. The number of ether oxygens (including phenoxy) is 1. The molecule has 1 atom stereocenters. The van der Waals surface area contributed by atoms with E-state index in [0.717, 1.165) is 12.3 Å². The molecule has 3 N–H and O–H groups in total. The zero-order valence-corrected chi connectivity index (χ0v) is 12.9. The molecule has 20 heavy (non-hydrogen) atoms. The van der Waals surface area contributed by atoms with Crippen LogP contribution in [0, 0.1) is 0 Å². The lowest BCUT2D eigenvalue weighted by Crippen LogP contribution is -2.45. The fourth-order valence-electron chi connectivity index (χ4n) is 2.10. The summed E-state index contributed by atoms with van der Waals surface area (Å²) < 4.78 is 5.76. The smallest absolute Gasteiger partial charge is 0.137 e. The van der Waals surface area contributed by atoms with Crippen LogP contribution in [0.15, 0.2) is 18.5 Å². The van der Waals surface area contributed by atoms with Gasteiger partial charge in [0.05, 0.1) is 12.2 Å². The lowest BCUT2D eigenvalue weighted by molar-refractivity contribution is 0.264. The summed E-state index contributed by atoms with van der Waals surface area (Å²) in [5, 5.41) is 3.47. The van der Waals surface area contributed by atoms with Crippen molar-refractivity contribution in [2.24, 2.45) is 5.73 Å². The van der Waals surface area contributed by atoms with Crippen molar-refractivity contribution in [2.75, 3.05) is 13.2 Å². The van der Waals surface area contributed by atoms with E-state index in [2.05, 4.69) is 37.1 Å². The standard InChI is InChI=1S/C16H27N3O/c1-16(2,3)12-7-15(10-18-8-12)20-11-13(17)9-19-14-5-4-6-14/h7-8,10,13-14,19H,4-6,9,11,17H2,1-3H3/t13-/m0/s1.